The molecule has 0 unspecified atom stereocenters. The molecular formula is C18H14N8O2S2. The van der Waals surface area contributed by atoms with Gasteiger partial charge in [-0.05, 0) is 24.3 Å². The summed E-state index contributed by atoms with van der Waals surface area (Å²) in [6.07, 6.45) is 3.31. The number of phenols is 2. The van der Waals surface area contributed by atoms with E-state index in [1.54, 1.807) is 36.7 Å². The molecule has 0 aliphatic rings. The first-order chi connectivity index (χ1) is 14.5. The highest BCUT2D eigenvalue weighted by molar-refractivity contribution is 7.25. The fourth-order valence-corrected chi connectivity index (χ4v) is 3.83. The Bertz CT molecular complexity index is 1170. The minimum atomic E-state index is -0.0554. The molecule has 0 aliphatic heterocycles. The third-order valence-electron chi connectivity index (χ3n) is 3.72. The lowest BCUT2D eigenvalue weighted by molar-refractivity contribution is 0.476. The van der Waals surface area contributed by atoms with E-state index in [-0.39, 0.29) is 11.5 Å². The molecule has 0 atom stereocenters. The van der Waals surface area contributed by atoms with Gasteiger partial charge in [0.05, 0.1) is 9.75 Å². The molecule has 2 aromatic carbocycles. The predicted molar refractivity (Wildman–Crippen MR) is 117 cm³/mol. The van der Waals surface area contributed by atoms with Crippen molar-refractivity contribution in [2.75, 3.05) is 11.5 Å². The van der Waals surface area contributed by atoms with Crippen LogP contribution < -0.4 is 11.5 Å². The summed E-state index contributed by atoms with van der Waals surface area (Å²) in [6.45, 7) is 0. The Morgan fingerprint density at radius 3 is 1.50 bits per heavy atom. The Kier molecular flexibility index (Phi) is 5.32. The molecule has 2 heterocycles. The summed E-state index contributed by atoms with van der Waals surface area (Å²) in [6, 6.07) is 9.19. The van der Waals surface area contributed by atoms with Crippen LogP contribution in [0.2, 0.25) is 0 Å². The highest BCUT2D eigenvalue weighted by Gasteiger charge is 2.09. The van der Waals surface area contributed by atoms with Crippen molar-refractivity contribution in [1.82, 2.24) is 9.97 Å². The number of nitrogens with zero attached hydrogens (tertiary/aromatic N) is 6. The van der Waals surface area contributed by atoms with Crippen molar-refractivity contribution in [3.8, 4) is 21.3 Å². The normalized spacial score (nSPS) is 11.6. The first-order valence-electron chi connectivity index (χ1n) is 8.40. The van der Waals surface area contributed by atoms with E-state index in [4.69, 9.17) is 11.5 Å². The number of hydrogen-bond donors (Lipinski definition) is 4. The number of azo groups is 2. The van der Waals surface area contributed by atoms with Gasteiger partial charge >= 0.3 is 0 Å². The number of hydrogen-bond acceptors (Lipinski definition) is 12. The summed E-state index contributed by atoms with van der Waals surface area (Å²) in [7, 11) is 0. The fourth-order valence-electron chi connectivity index (χ4n) is 2.29. The van der Waals surface area contributed by atoms with Crippen LogP contribution >= 0.6 is 22.7 Å². The smallest absolute Gasteiger partial charge is 0.230 e. The molecule has 6 N–H and O–H groups in total. The zero-order valence-electron chi connectivity index (χ0n) is 15.2. The van der Waals surface area contributed by atoms with Crippen molar-refractivity contribution in [1.29, 1.82) is 0 Å². The van der Waals surface area contributed by atoms with Gasteiger partial charge in [0.1, 0.15) is 22.9 Å². The van der Waals surface area contributed by atoms with Gasteiger partial charge in [0.25, 0.3) is 0 Å². The second-order valence-corrected chi connectivity index (χ2v) is 7.93. The second kappa shape index (κ2) is 8.23. The van der Waals surface area contributed by atoms with Crippen LogP contribution in [-0.2, 0) is 0 Å². The van der Waals surface area contributed by atoms with E-state index in [1.165, 1.54) is 34.8 Å². The molecule has 4 aromatic rings. The number of anilines is 2. The lowest BCUT2D eigenvalue weighted by Gasteiger charge is -1.97. The molecule has 0 saturated heterocycles. The number of nitrogen functional groups attached to an aromatic ring is 2. The average Bonchev–Trinajstić information content (AvgIpc) is 3.36. The van der Waals surface area contributed by atoms with Crippen LogP contribution in [0.25, 0.3) is 9.75 Å². The third kappa shape index (κ3) is 4.39. The van der Waals surface area contributed by atoms with E-state index in [0.717, 1.165) is 9.75 Å². The summed E-state index contributed by atoms with van der Waals surface area (Å²) in [4.78, 5) is 10.1. The molecule has 0 amide bonds. The van der Waals surface area contributed by atoms with Crippen LogP contribution in [0.15, 0.2) is 69.2 Å². The first-order valence-corrected chi connectivity index (χ1v) is 10.0. The SMILES string of the molecule is Nc1ccc(/N=N/c2ncc(-c3cnc(/N=N/c4ccc(N)cc4O)s3)s2)c(O)c1. The number of benzene rings is 2. The number of phenolic OH excluding ortho intramolecular Hbond substituents is 2. The molecule has 0 radical (unpaired) electrons. The molecule has 10 nitrogen and oxygen atoms in total. The average molecular weight is 438 g/mol. The van der Waals surface area contributed by atoms with Gasteiger partial charge in [-0.3, -0.25) is 0 Å². The maximum absolute atomic E-state index is 9.82. The Labute approximate surface area is 177 Å². The summed E-state index contributed by atoms with van der Waals surface area (Å²) >= 11 is 2.62. The largest absolute Gasteiger partial charge is 0.506 e. The van der Waals surface area contributed by atoms with Crippen molar-refractivity contribution in [3.05, 3.63) is 48.8 Å². The van der Waals surface area contributed by atoms with Crippen LogP contribution in [0.1, 0.15) is 0 Å². The molecule has 0 saturated carbocycles. The second-order valence-electron chi connectivity index (χ2n) is 5.91. The van der Waals surface area contributed by atoms with Crippen LogP contribution in [0.3, 0.4) is 0 Å². The van der Waals surface area contributed by atoms with Gasteiger partial charge in [0.15, 0.2) is 0 Å². The standard InChI is InChI=1S/C18H14N8O2S2/c19-9-1-3-11(13(27)5-9)23-25-17-21-7-15(29-17)16-8-22-18(30-16)26-24-12-4-2-10(20)6-14(12)28/h1-8,27-28H,19-20H2/b25-23+,26-24+. The lowest BCUT2D eigenvalue weighted by atomic mass is 10.3. The molecule has 2 aromatic heterocycles. The van der Waals surface area contributed by atoms with E-state index in [1.807, 2.05) is 0 Å². The van der Waals surface area contributed by atoms with E-state index in [2.05, 4.69) is 30.4 Å². The highest BCUT2D eigenvalue weighted by Crippen LogP contribution is 2.38. The van der Waals surface area contributed by atoms with Crippen molar-refractivity contribution in [2.45, 2.75) is 0 Å². The summed E-state index contributed by atoms with van der Waals surface area (Å²) < 4.78 is 0. The maximum Gasteiger partial charge on any atom is 0.230 e. The van der Waals surface area contributed by atoms with E-state index >= 15 is 0 Å². The molecule has 0 bridgehead atoms. The van der Waals surface area contributed by atoms with Crippen LogP contribution in [0, 0.1) is 0 Å². The molecule has 30 heavy (non-hydrogen) atoms. The zero-order valence-corrected chi connectivity index (χ0v) is 16.8. The number of aromatic hydroxyl groups is 2. The van der Waals surface area contributed by atoms with Gasteiger partial charge < -0.3 is 21.7 Å². The Morgan fingerprint density at radius 2 is 1.10 bits per heavy atom. The molecule has 0 fully saturated rings. The minimum Gasteiger partial charge on any atom is -0.506 e. The van der Waals surface area contributed by atoms with Crippen LogP contribution in [0.4, 0.5) is 33.0 Å². The van der Waals surface area contributed by atoms with Crippen molar-refractivity contribution in [2.24, 2.45) is 20.5 Å². The maximum atomic E-state index is 9.82. The molecule has 4 rings (SSSR count). The van der Waals surface area contributed by atoms with E-state index in [0.29, 0.717) is 33.0 Å². The highest BCUT2D eigenvalue weighted by atomic mass is 32.1. The van der Waals surface area contributed by atoms with Gasteiger partial charge in [0, 0.05) is 35.9 Å². The van der Waals surface area contributed by atoms with Gasteiger partial charge in [-0.25, -0.2) is 9.97 Å². The molecule has 0 aliphatic carbocycles. The predicted octanol–water partition coefficient (Wildman–Crippen LogP) is 5.67. The third-order valence-corrected chi connectivity index (χ3v) is 5.67. The topological polar surface area (TPSA) is 168 Å². The Morgan fingerprint density at radius 1 is 0.667 bits per heavy atom. The van der Waals surface area contributed by atoms with Gasteiger partial charge in [-0.15, -0.1) is 20.5 Å². The Balaban J connectivity index is 1.48. The van der Waals surface area contributed by atoms with Gasteiger partial charge in [0.2, 0.25) is 10.3 Å². The minimum absolute atomic E-state index is 0.0554. The summed E-state index contributed by atoms with van der Waals surface area (Å²) in [5, 5.41) is 36.6. The quantitative estimate of drug-likeness (QED) is 0.231. The first kappa shape index (κ1) is 19.4. The number of thiazole rings is 2. The van der Waals surface area contributed by atoms with Crippen molar-refractivity contribution >= 4 is 55.7 Å². The fraction of sp³-hybridized carbons (Fsp3) is 0. The lowest BCUT2D eigenvalue weighted by Crippen LogP contribution is -1.81. The monoisotopic (exact) mass is 438 g/mol. The van der Waals surface area contributed by atoms with Gasteiger partial charge in [-0.2, -0.15) is 0 Å². The van der Waals surface area contributed by atoms with E-state index < -0.39 is 0 Å². The van der Waals surface area contributed by atoms with Gasteiger partial charge in [-0.1, -0.05) is 22.7 Å². The molecular weight excluding hydrogens is 424 g/mol. The van der Waals surface area contributed by atoms with E-state index in [9.17, 15) is 10.2 Å². The Hall–Kier alpha value is -3.90. The molecule has 12 heteroatoms. The summed E-state index contributed by atoms with van der Waals surface area (Å²) in [5.74, 6) is -0.111. The van der Waals surface area contributed by atoms with Crippen molar-refractivity contribution < 1.29 is 10.2 Å². The molecule has 0 spiro atoms. The number of rotatable bonds is 5. The zero-order chi connectivity index (χ0) is 21.1. The van der Waals surface area contributed by atoms with Crippen molar-refractivity contribution in [3.63, 3.8) is 0 Å². The van der Waals surface area contributed by atoms with Crippen LogP contribution in [-0.4, -0.2) is 20.2 Å². The number of aromatic nitrogens is 2. The van der Waals surface area contributed by atoms with Crippen LogP contribution in [0.5, 0.6) is 11.5 Å². The molecule has 150 valence electrons. The summed E-state index contributed by atoms with van der Waals surface area (Å²) in [5.41, 5.74) is 12.7. The number of nitrogens with two attached hydrogens (primary N) is 2.